The van der Waals surface area contributed by atoms with E-state index in [0.717, 1.165) is 0 Å². The standard InChI is InChI=1S/C12H22N2O4/c1-8(2)14(5-10(15)17-4)11(16)12(3)7-18-6-9(12)13/h8-9H,5-7,13H2,1-4H3. The number of methoxy groups -OCH3 is 1. The van der Waals surface area contributed by atoms with Gasteiger partial charge >= 0.3 is 5.97 Å². The molecule has 0 spiro atoms. The summed E-state index contributed by atoms with van der Waals surface area (Å²) in [7, 11) is 1.30. The van der Waals surface area contributed by atoms with Crippen LogP contribution in [0.25, 0.3) is 0 Å². The number of rotatable bonds is 4. The minimum atomic E-state index is -0.766. The van der Waals surface area contributed by atoms with Gasteiger partial charge in [0.05, 0.1) is 25.7 Å². The third-order valence-corrected chi connectivity index (χ3v) is 3.42. The van der Waals surface area contributed by atoms with Crippen LogP contribution >= 0.6 is 0 Å². The second-order valence-electron chi connectivity index (χ2n) is 5.14. The van der Waals surface area contributed by atoms with Crippen LogP contribution in [0.1, 0.15) is 20.8 Å². The summed E-state index contributed by atoms with van der Waals surface area (Å²) in [4.78, 5) is 25.4. The summed E-state index contributed by atoms with van der Waals surface area (Å²) in [5.74, 6) is -0.596. The fraction of sp³-hybridized carbons (Fsp3) is 0.833. The first-order valence-electron chi connectivity index (χ1n) is 6.04. The van der Waals surface area contributed by atoms with Crippen molar-refractivity contribution in [2.45, 2.75) is 32.9 Å². The average Bonchev–Trinajstić information content (AvgIpc) is 2.66. The number of carbonyl (C=O) groups excluding carboxylic acids is 2. The summed E-state index contributed by atoms with van der Waals surface area (Å²) >= 11 is 0. The number of hydrogen-bond donors (Lipinski definition) is 1. The topological polar surface area (TPSA) is 81.9 Å². The summed E-state index contributed by atoms with van der Waals surface area (Å²) in [6.07, 6.45) is 0. The van der Waals surface area contributed by atoms with Crippen molar-refractivity contribution in [2.24, 2.45) is 11.1 Å². The molecule has 2 atom stereocenters. The quantitative estimate of drug-likeness (QED) is 0.704. The molecule has 2 N–H and O–H groups in total. The highest BCUT2D eigenvalue weighted by Crippen LogP contribution is 2.30. The highest BCUT2D eigenvalue weighted by Gasteiger charge is 2.47. The van der Waals surface area contributed by atoms with Gasteiger partial charge in [-0.15, -0.1) is 0 Å². The number of amides is 1. The molecule has 1 amide bonds. The second-order valence-corrected chi connectivity index (χ2v) is 5.14. The van der Waals surface area contributed by atoms with Crippen LogP contribution in [0, 0.1) is 5.41 Å². The Morgan fingerprint density at radius 3 is 2.56 bits per heavy atom. The Balaban J connectivity index is 2.86. The maximum Gasteiger partial charge on any atom is 0.325 e. The van der Waals surface area contributed by atoms with Crippen LogP contribution in [0.15, 0.2) is 0 Å². The lowest BCUT2D eigenvalue weighted by Gasteiger charge is -2.34. The van der Waals surface area contributed by atoms with E-state index in [-0.39, 0.29) is 31.1 Å². The van der Waals surface area contributed by atoms with E-state index >= 15 is 0 Å². The second kappa shape index (κ2) is 5.67. The largest absolute Gasteiger partial charge is 0.468 e. The van der Waals surface area contributed by atoms with E-state index in [1.54, 1.807) is 6.92 Å². The molecule has 1 aliphatic rings. The predicted octanol–water partition coefficient (Wildman–Crippen LogP) is -0.240. The Kier molecular flexibility index (Phi) is 4.70. The van der Waals surface area contributed by atoms with Gasteiger partial charge in [-0.1, -0.05) is 0 Å². The Morgan fingerprint density at radius 2 is 2.17 bits per heavy atom. The van der Waals surface area contributed by atoms with Crippen molar-refractivity contribution >= 4 is 11.9 Å². The maximum absolute atomic E-state index is 12.5. The maximum atomic E-state index is 12.5. The lowest BCUT2D eigenvalue weighted by molar-refractivity contribution is -0.153. The van der Waals surface area contributed by atoms with Crippen LogP contribution in [0.2, 0.25) is 0 Å². The molecule has 6 heteroatoms. The van der Waals surface area contributed by atoms with Crippen molar-refractivity contribution in [3.05, 3.63) is 0 Å². The van der Waals surface area contributed by atoms with E-state index in [0.29, 0.717) is 6.61 Å². The Hall–Kier alpha value is -1.14. The van der Waals surface area contributed by atoms with E-state index < -0.39 is 11.4 Å². The molecule has 1 fully saturated rings. The lowest BCUT2D eigenvalue weighted by atomic mass is 9.84. The molecule has 18 heavy (non-hydrogen) atoms. The fourth-order valence-electron chi connectivity index (χ4n) is 1.93. The number of carbonyl (C=O) groups is 2. The summed E-state index contributed by atoms with van der Waals surface area (Å²) in [5.41, 5.74) is 5.16. The molecule has 0 aromatic rings. The highest BCUT2D eigenvalue weighted by atomic mass is 16.5. The van der Waals surface area contributed by atoms with Crippen LogP contribution < -0.4 is 5.73 Å². The van der Waals surface area contributed by atoms with E-state index in [1.165, 1.54) is 12.0 Å². The molecular weight excluding hydrogens is 236 g/mol. The van der Waals surface area contributed by atoms with Crippen LogP contribution in [0.3, 0.4) is 0 Å². The zero-order valence-corrected chi connectivity index (χ0v) is 11.4. The molecule has 0 aromatic heterocycles. The third kappa shape index (κ3) is 2.81. The Bertz CT molecular complexity index is 332. The third-order valence-electron chi connectivity index (χ3n) is 3.42. The number of nitrogens with two attached hydrogens (primary N) is 1. The van der Waals surface area contributed by atoms with Gasteiger partial charge in [-0.3, -0.25) is 9.59 Å². The smallest absolute Gasteiger partial charge is 0.325 e. The van der Waals surface area contributed by atoms with Crippen molar-refractivity contribution in [2.75, 3.05) is 26.9 Å². The van der Waals surface area contributed by atoms with Gasteiger partial charge in [0.1, 0.15) is 6.54 Å². The van der Waals surface area contributed by atoms with Gasteiger partial charge in [0, 0.05) is 12.1 Å². The number of esters is 1. The van der Waals surface area contributed by atoms with E-state index in [4.69, 9.17) is 10.5 Å². The van der Waals surface area contributed by atoms with Crippen LogP contribution in [0.5, 0.6) is 0 Å². The monoisotopic (exact) mass is 258 g/mol. The van der Waals surface area contributed by atoms with E-state index in [1.807, 2.05) is 13.8 Å². The van der Waals surface area contributed by atoms with Gasteiger partial charge < -0.3 is 20.1 Å². The van der Waals surface area contributed by atoms with Crippen molar-refractivity contribution < 1.29 is 19.1 Å². The minimum absolute atomic E-state index is 0.0602. The molecule has 0 saturated carbocycles. The van der Waals surface area contributed by atoms with Gasteiger partial charge in [0.15, 0.2) is 0 Å². The van der Waals surface area contributed by atoms with Crippen molar-refractivity contribution in [3.63, 3.8) is 0 Å². The zero-order chi connectivity index (χ0) is 13.9. The van der Waals surface area contributed by atoms with Crippen LogP contribution in [0.4, 0.5) is 0 Å². The summed E-state index contributed by atoms with van der Waals surface area (Å²) in [6.45, 7) is 6.08. The fourth-order valence-corrected chi connectivity index (χ4v) is 1.93. The first-order chi connectivity index (χ1) is 8.32. The Morgan fingerprint density at radius 1 is 1.56 bits per heavy atom. The molecule has 104 valence electrons. The van der Waals surface area contributed by atoms with E-state index in [2.05, 4.69) is 4.74 Å². The zero-order valence-electron chi connectivity index (χ0n) is 11.4. The summed E-state index contributed by atoms with van der Waals surface area (Å²) in [5, 5.41) is 0. The number of nitrogens with zero attached hydrogens (tertiary/aromatic N) is 1. The molecule has 1 aliphatic heterocycles. The number of hydrogen-bond acceptors (Lipinski definition) is 5. The molecule has 6 nitrogen and oxygen atoms in total. The first kappa shape index (κ1) is 14.9. The molecule has 0 bridgehead atoms. The molecule has 0 aliphatic carbocycles. The summed E-state index contributed by atoms with van der Waals surface area (Å²) < 4.78 is 9.87. The lowest BCUT2D eigenvalue weighted by Crippen LogP contribution is -2.54. The molecule has 1 saturated heterocycles. The normalized spacial score (nSPS) is 27.3. The molecule has 1 rings (SSSR count). The highest BCUT2D eigenvalue weighted by molar-refractivity contribution is 5.87. The van der Waals surface area contributed by atoms with Gasteiger partial charge in [-0.25, -0.2) is 0 Å². The van der Waals surface area contributed by atoms with Crippen LogP contribution in [-0.4, -0.2) is 55.7 Å². The molecule has 2 unspecified atom stereocenters. The molecule has 1 heterocycles. The minimum Gasteiger partial charge on any atom is -0.468 e. The van der Waals surface area contributed by atoms with Gasteiger partial charge in [0.2, 0.25) is 5.91 Å². The van der Waals surface area contributed by atoms with Crippen LogP contribution in [-0.2, 0) is 19.1 Å². The van der Waals surface area contributed by atoms with Crippen molar-refractivity contribution in [3.8, 4) is 0 Å². The molecular formula is C12H22N2O4. The first-order valence-corrected chi connectivity index (χ1v) is 6.04. The number of ether oxygens (including phenoxy) is 2. The molecule has 0 aromatic carbocycles. The Labute approximate surface area is 107 Å². The summed E-state index contributed by atoms with van der Waals surface area (Å²) in [6, 6.07) is -0.440. The van der Waals surface area contributed by atoms with E-state index in [9.17, 15) is 9.59 Å². The van der Waals surface area contributed by atoms with Gasteiger partial charge in [0.25, 0.3) is 0 Å². The SMILES string of the molecule is COC(=O)CN(C(=O)C1(C)COCC1N)C(C)C. The average molecular weight is 258 g/mol. The van der Waals surface area contributed by atoms with Crippen molar-refractivity contribution in [1.29, 1.82) is 0 Å². The van der Waals surface area contributed by atoms with Crippen molar-refractivity contribution in [1.82, 2.24) is 4.90 Å². The van der Waals surface area contributed by atoms with Gasteiger partial charge in [-0.05, 0) is 20.8 Å². The van der Waals surface area contributed by atoms with Gasteiger partial charge in [-0.2, -0.15) is 0 Å². The predicted molar refractivity (Wildman–Crippen MR) is 65.8 cm³/mol. The molecule has 0 radical (unpaired) electrons.